The minimum Gasteiger partial charge on any atom is -0.339 e. The molecule has 3 nitrogen and oxygen atoms in total. The average molecular weight is 216 g/mol. The van der Waals surface area contributed by atoms with Crippen LogP contribution in [0.15, 0.2) is 24.3 Å². The highest BCUT2D eigenvalue weighted by Gasteiger charge is 2.11. The smallest absolute Gasteiger partial charge is 0.252 e. The first-order chi connectivity index (χ1) is 7.69. The van der Waals surface area contributed by atoms with Gasteiger partial charge in [0.05, 0.1) is 6.04 Å². The lowest BCUT2D eigenvalue weighted by Gasteiger charge is -2.11. The number of nitrogens with two attached hydrogens (primary N) is 1. The summed E-state index contributed by atoms with van der Waals surface area (Å²) in [6.45, 7) is 2.29. The monoisotopic (exact) mass is 216 g/mol. The molecule has 0 bridgehead atoms. The SMILES string of the molecule is C#CC(C)NC(=O)c1ccccc1CCN. The number of amides is 1. The zero-order valence-electron chi connectivity index (χ0n) is 9.36. The second kappa shape index (κ2) is 5.94. The van der Waals surface area contributed by atoms with Gasteiger partial charge >= 0.3 is 0 Å². The molecule has 1 unspecified atom stereocenters. The van der Waals surface area contributed by atoms with E-state index in [-0.39, 0.29) is 11.9 Å². The summed E-state index contributed by atoms with van der Waals surface area (Å²) in [5, 5.41) is 2.73. The van der Waals surface area contributed by atoms with E-state index < -0.39 is 0 Å². The third-order valence-electron chi connectivity index (χ3n) is 2.27. The highest BCUT2D eigenvalue weighted by Crippen LogP contribution is 2.09. The van der Waals surface area contributed by atoms with Crippen LogP contribution >= 0.6 is 0 Å². The van der Waals surface area contributed by atoms with Crippen LogP contribution in [0.3, 0.4) is 0 Å². The molecule has 3 N–H and O–H groups in total. The molecule has 0 aliphatic rings. The van der Waals surface area contributed by atoms with Crippen molar-refractivity contribution in [3.05, 3.63) is 35.4 Å². The molecule has 0 aliphatic heterocycles. The summed E-state index contributed by atoms with van der Waals surface area (Å²) in [5.74, 6) is 2.32. The Morgan fingerprint density at radius 1 is 1.56 bits per heavy atom. The minimum atomic E-state index is -0.265. The number of benzene rings is 1. The topological polar surface area (TPSA) is 55.1 Å². The van der Waals surface area contributed by atoms with Crippen molar-refractivity contribution in [2.75, 3.05) is 6.54 Å². The molecule has 0 radical (unpaired) electrons. The van der Waals surface area contributed by atoms with E-state index >= 15 is 0 Å². The predicted molar refractivity (Wildman–Crippen MR) is 65.0 cm³/mol. The number of hydrogen-bond acceptors (Lipinski definition) is 2. The molecule has 1 amide bonds. The molecule has 1 rings (SSSR count). The van der Waals surface area contributed by atoms with Crippen LogP contribution < -0.4 is 11.1 Å². The van der Waals surface area contributed by atoms with Gasteiger partial charge in [-0.05, 0) is 31.5 Å². The Hall–Kier alpha value is -1.79. The van der Waals surface area contributed by atoms with Crippen LogP contribution in [0.4, 0.5) is 0 Å². The summed E-state index contributed by atoms with van der Waals surface area (Å²) in [4.78, 5) is 11.9. The maximum absolute atomic E-state index is 11.9. The van der Waals surface area contributed by atoms with Gasteiger partial charge in [0.2, 0.25) is 0 Å². The van der Waals surface area contributed by atoms with Gasteiger partial charge in [0.1, 0.15) is 0 Å². The van der Waals surface area contributed by atoms with Gasteiger partial charge in [-0.25, -0.2) is 0 Å². The Balaban J connectivity index is 2.86. The Kier molecular flexibility index (Phi) is 4.56. The van der Waals surface area contributed by atoms with E-state index in [9.17, 15) is 4.79 Å². The van der Waals surface area contributed by atoms with E-state index in [4.69, 9.17) is 12.2 Å². The summed E-state index contributed by atoms with van der Waals surface area (Å²) in [5.41, 5.74) is 7.09. The number of terminal acetylenes is 1. The molecule has 84 valence electrons. The van der Waals surface area contributed by atoms with Gasteiger partial charge in [0, 0.05) is 5.56 Å². The van der Waals surface area contributed by atoms with Crippen LogP contribution in [0.5, 0.6) is 0 Å². The molecule has 0 spiro atoms. The molecule has 0 fully saturated rings. The first kappa shape index (κ1) is 12.3. The quantitative estimate of drug-likeness (QED) is 0.736. The van der Waals surface area contributed by atoms with Crippen LogP contribution in [0.25, 0.3) is 0 Å². The Morgan fingerprint density at radius 2 is 2.25 bits per heavy atom. The van der Waals surface area contributed by atoms with Gasteiger partial charge in [-0.1, -0.05) is 24.1 Å². The molecule has 0 saturated heterocycles. The molecule has 16 heavy (non-hydrogen) atoms. The first-order valence-corrected chi connectivity index (χ1v) is 5.24. The summed E-state index contributed by atoms with van der Waals surface area (Å²) in [7, 11) is 0. The van der Waals surface area contributed by atoms with Crippen LogP contribution in [-0.2, 0) is 6.42 Å². The number of hydrogen-bond donors (Lipinski definition) is 2. The fraction of sp³-hybridized carbons (Fsp3) is 0.308. The van der Waals surface area contributed by atoms with E-state index in [2.05, 4.69) is 11.2 Å². The van der Waals surface area contributed by atoms with E-state index in [0.29, 0.717) is 18.5 Å². The zero-order valence-corrected chi connectivity index (χ0v) is 9.36. The molecule has 0 aromatic heterocycles. The van der Waals surface area contributed by atoms with E-state index in [1.165, 1.54) is 0 Å². The highest BCUT2D eigenvalue weighted by molar-refractivity contribution is 5.96. The third-order valence-corrected chi connectivity index (χ3v) is 2.27. The van der Waals surface area contributed by atoms with Gasteiger partial charge in [-0.15, -0.1) is 6.42 Å². The van der Waals surface area contributed by atoms with Gasteiger partial charge in [0.15, 0.2) is 0 Å². The maximum Gasteiger partial charge on any atom is 0.252 e. The minimum absolute atomic E-state index is 0.144. The Morgan fingerprint density at radius 3 is 2.88 bits per heavy atom. The molecule has 0 heterocycles. The van der Waals surface area contributed by atoms with Crippen molar-refractivity contribution < 1.29 is 4.79 Å². The Bertz CT molecular complexity index is 407. The van der Waals surface area contributed by atoms with E-state index in [0.717, 1.165) is 5.56 Å². The molecular formula is C13H16N2O. The van der Waals surface area contributed by atoms with Gasteiger partial charge < -0.3 is 11.1 Å². The standard InChI is InChI=1S/C13H16N2O/c1-3-10(2)15-13(16)12-7-5-4-6-11(12)8-9-14/h1,4-7,10H,8-9,14H2,2H3,(H,15,16). The second-order valence-electron chi connectivity index (χ2n) is 3.56. The summed E-state index contributed by atoms with van der Waals surface area (Å²) in [6.07, 6.45) is 5.90. The Labute approximate surface area is 96.0 Å². The lowest BCUT2D eigenvalue weighted by atomic mass is 10.0. The molecule has 0 saturated carbocycles. The summed E-state index contributed by atoms with van der Waals surface area (Å²) in [6, 6.07) is 7.15. The summed E-state index contributed by atoms with van der Waals surface area (Å²) >= 11 is 0. The first-order valence-electron chi connectivity index (χ1n) is 5.24. The fourth-order valence-electron chi connectivity index (χ4n) is 1.43. The normalized spacial score (nSPS) is 11.6. The molecule has 1 aromatic carbocycles. The summed E-state index contributed by atoms with van der Waals surface area (Å²) < 4.78 is 0. The van der Waals surface area contributed by atoms with Crippen LogP contribution in [0, 0.1) is 12.3 Å². The van der Waals surface area contributed by atoms with Crippen LogP contribution in [0.2, 0.25) is 0 Å². The molecule has 0 aliphatic carbocycles. The van der Waals surface area contributed by atoms with Gasteiger partial charge in [-0.3, -0.25) is 4.79 Å². The average Bonchev–Trinajstić information content (AvgIpc) is 2.30. The lowest BCUT2D eigenvalue weighted by Crippen LogP contribution is -2.32. The van der Waals surface area contributed by atoms with Crippen LogP contribution in [0.1, 0.15) is 22.8 Å². The molecule has 1 atom stereocenters. The number of nitrogens with one attached hydrogen (secondary N) is 1. The highest BCUT2D eigenvalue weighted by atomic mass is 16.1. The second-order valence-corrected chi connectivity index (χ2v) is 3.56. The third kappa shape index (κ3) is 3.11. The fourth-order valence-corrected chi connectivity index (χ4v) is 1.43. The largest absolute Gasteiger partial charge is 0.339 e. The number of carbonyl (C=O) groups is 1. The van der Waals surface area contributed by atoms with Crippen molar-refractivity contribution in [1.29, 1.82) is 0 Å². The van der Waals surface area contributed by atoms with Gasteiger partial charge in [0.25, 0.3) is 5.91 Å². The molecular weight excluding hydrogens is 200 g/mol. The van der Waals surface area contributed by atoms with E-state index in [1.807, 2.05) is 18.2 Å². The van der Waals surface area contributed by atoms with Crippen molar-refractivity contribution in [3.8, 4) is 12.3 Å². The molecule has 3 heteroatoms. The van der Waals surface area contributed by atoms with Crippen molar-refractivity contribution >= 4 is 5.91 Å². The van der Waals surface area contributed by atoms with Crippen molar-refractivity contribution in [1.82, 2.24) is 5.32 Å². The molecule has 1 aromatic rings. The lowest BCUT2D eigenvalue weighted by molar-refractivity contribution is 0.0947. The number of rotatable bonds is 4. The van der Waals surface area contributed by atoms with Crippen molar-refractivity contribution in [3.63, 3.8) is 0 Å². The zero-order chi connectivity index (χ0) is 12.0. The van der Waals surface area contributed by atoms with Gasteiger partial charge in [-0.2, -0.15) is 0 Å². The maximum atomic E-state index is 11.9. The van der Waals surface area contributed by atoms with Crippen molar-refractivity contribution in [2.24, 2.45) is 5.73 Å². The van der Waals surface area contributed by atoms with E-state index in [1.54, 1.807) is 13.0 Å². The predicted octanol–water partition coefficient (Wildman–Crippen LogP) is 0.939. The number of carbonyl (C=O) groups excluding carboxylic acids is 1. The van der Waals surface area contributed by atoms with Crippen molar-refractivity contribution in [2.45, 2.75) is 19.4 Å². The van der Waals surface area contributed by atoms with Crippen LogP contribution in [-0.4, -0.2) is 18.5 Å².